The third kappa shape index (κ3) is 1.43. The molecule has 0 amide bonds. The molecule has 0 fully saturated rings. The van der Waals surface area contributed by atoms with Gasteiger partial charge in [0.2, 0.25) is 0 Å². The molecule has 1 aromatic rings. The zero-order valence-electron chi connectivity index (χ0n) is 9.66. The number of hydrogen-bond acceptors (Lipinski definition) is 1. The molecule has 0 saturated carbocycles. The van der Waals surface area contributed by atoms with Crippen molar-refractivity contribution < 1.29 is 1.37 Å². The second-order valence-electron chi connectivity index (χ2n) is 3.95. The third-order valence-corrected chi connectivity index (χ3v) is 2.75. The number of aryl methyl sites for hydroxylation is 1. The molecule has 1 aliphatic heterocycles. The van der Waals surface area contributed by atoms with Crippen molar-refractivity contribution in [2.75, 3.05) is 18.0 Å². The lowest BCUT2D eigenvalue weighted by Gasteiger charge is -2.16. The molecule has 0 N–H and O–H groups in total. The molecular formula is C13H17N. The zero-order valence-corrected chi connectivity index (χ0v) is 8.66. The molecular weight excluding hydrogens is 170 g/mol. The molecule has 0 saturated heterocycles. The van der Waals surface area contributed by atoms with E-state index in [-0.39, 0.29) is 0 Å². The van der Waals surface area contributed by atoms with Gasteiger partial charge in [0, 0.05) is 26.1 Å². The maximum atomic E-state index is 7.57. The Bertz CT molecular complexity index is 373. The number of hydrogen-bond donors (Lipinski definition) is 0. The fourth-order valence-electron chi connectivity index (χ4n) is 2.08. The van der Waals surface area contributed by atoms with Crippen LogP contribution in [0.2, 0.25) is 0 Å². The zero-order chi connectivity index (χ0) is 10.8. The van der Waals surface area contributed by atoms with Gasteiger partial charge in [0.25, 0.3) is 0 Å². The van der Waals surface area contributed by atoms with Crippen molar-refractivity contribution >= 4 is 5.69 Å². The average Bonchev–Trinajstić information content (AvgIpc) is 2.56. The van der Waals surface area contributed by atoms with E-state index in [4.69, 9.17) is 1.37 Å². The molecule has 14 heavy (non-hydrogen) atoms. The first-order chi connectivity index (χ1) is 7.26. The van der Waals surface area contributed by atoms with Gasteiger partial charge in [-0.25, -0.2) is 0 Å². The number of rotatable bonds is 2. The van der Waals surface area contributed by atoms with Gasteiger partial charge in [0.05, 0.1) is 0 Å². The van der Waals surface area contributed by atoms with Crippen molar-refractivity contribution in [3.63, 3.8) is 0 Å². The van der Waals surface area contributed by atoms with Gasteiger partial charge in [0.1, 0.15) is 0 Å². The molecule has 0 aliphatic carbocycles. The van der Waals surface area contributed by atoms with Crippen LogP contribution in [0.15, 0.2) is 30.9 Å². The summed E-state index contributed by atoms with van der Waals surface area (Å²) in [6, 6.07) is 6.53. The second-order valence-corrected chi connectivity index (χ2v) is 3.95. The lowest BCUT2D eigenvalue weighted by Crippen LogP contribution is -2.20. The molecule has 1 heteroatoms. The molecule has 0 radical (unpaired) electrons. The van der Waals surface area contributed by atoms with Crippen molar-refractivity contribution in [1.29, 1.82) is 0 Å². The van der Waals surface area contributed by atoms with E-state index in [0.717, 1.165) is 13.1 Å². The van der Waals surface area contributed by atoms with Crippen LogP contribution in [0.5, 0.6) is 0 Å². The summed E-state index contributed by atoms with van der Waals surface area (Å²) in [5, 5.41) is 0. The summed E-state index contributed by atoms with van der Waals surface area (Å²) in [7, 11) is 0. The number of anilines is 1. The van der Waals surface area contributed by atoms with E-state index in [9.17, 15) is 0 Å². The highest BCUT2D eigenvalue weighted by Crippen LogP contribution is 2.36. The van der Waals surface area contributed by atoms with Crippen LogP contribution in [0.25, 0.3) is 0 Å². The molecule has 1 aromatic carbocycles. The van der Waals surface area contributed by atoms with Crippen LogP contribution in [0, 0.1) is 6.92 Å². The molecule has 0 aromatic heterocycles. The molecule has 2 rings (SSSR count). The summed E-state index contributed by atoms with van der Waals surface area (Å²) in [6.07, 6.45) is 1.93. The fraction of sp³-hybridized carbons (Fsp3) is 0.385. The van der Waals surface area contributed by atoms with E-state index in [1.54, 1.807) is 0 Å². The van der Waals surface area contributed by atoms with E-state index in [1.807, 2.05) is 6.08 Å². The Hall–Kier alpha value is -1.24. The van der Waals surface area contributed by atoms with Crippen LogP contribution >= 0.6 is 0 Å². The van der Waals surface area contributed by atoms with E-state index in [0.29, 0.717) is 12.8 Å². The summed E-state index contributed by atoms with van der Waals surface area (Å²) in [4.78, 5) is 2.31. The van der Waals surface area contributed by atoms with Gasteiger partial charge in [-0.1, -0.05) is 30.7 Å². The highest BCUT2D eigenvalue weighted by Gasteiger charge is 2.23. The monoisotopic (exact) mass is 188 g/mol. The minimum atomic E-state index is 0.375. The molecule has 1 atom stereocenters. The predicted molar refractivity (Wildman–Crippen MR) is 62.0 cm³/mol. The Labute approximate surface area is 87.5 Å². The summed E-state index contributed by atoms with van der Waals surface area (Å²) < 4.78 is 7.57. The van der Waals surface area contributed by atoms with Crippen LogP contribution in [-0.4, -0.2) is 13.1 Å². The smallest absolute Gasteiger partial charge is 0.0405 e. The van der Waals surface area contributed by atoms with Gasteiger partial charge in [-0.3, -0.25) is 0 Å². The van der Waals surface area contributed by atoms with Gasteiger partial charge < -0.3 is 4.90 Å². The largest absolute Gasteiger partial charge is 0.367 e. The molecule has 1 heterocycles. The van der Waals surface area contributed by atoms with Crippen LogP contribution in [0.1, 0.15) is 25.3 Å². The molecule has 1 nitrogen and oxygen atoms in total. The normalized spacial score (nSPS) is 20.5. The van der Waals surface area contributed by atoms with Gasteiger partial charge in [-0.2, -0.15) is 0 Å². The van der Waals surface area contributed by atoms with Crippen LogP contribution < -0.4 is 4.90 Å². The first-order valence-electron chi connectivity index (χ1n) is 5.72. The Kier molecular flexibility index (Phi) is 2.02. The third-order valence-electron chi connectivity index (χ3n) is 2.75. The number of nitrogens with zero attached hydrogens (tertiary/aromatic N) is 1. The van der Waals surface area contributed by atoms with E-state index >= 15 is 0 Å². The van der Waals surface area contributed by atoms with Gasteiger partial charge in [-0.15, -0.1) is 6.58 Å². The summed E-state index contributed by atoms with van der Waals surface area (Å²) >= 11 is 0. The first-order valence-corrected chi connectivity index (χ1v) is 5.02. The SMILES string of the molecule is [2H]CC1CN(CC=C)c2ccc(C)cc21. The summed E-state index contributed by atoms with van der Waals surface area (Å²) in [6.45, 7) is 8.21. The van der Waals surface area contributed by atoms with Crippen molar-refractivity contribution in [2.45, 2.75) is 19.7 Å². The fourth-order valence-corrected chi connectivity index (χ4v) is 2.08. The molecule has 1 aliphatic rings. The van der Waals surface area contributed by atoms with E-state index in [1.165, 1.54) is 16.8 Å². The van der Waals surface area contributed by atoms with Crippen LogP contribution in [0.4, 0.5) is 5.69 Å². The Balaban J connectivity index is 2.38. The number of benzene rings is 1. The Morgan fingerprint density at radius 2 is 2.57 bits per heavy atom. The average molecular weight is 188 g/mol. The minimum Gasteiger partial charge on any atom is -0.367 e. The van der Waals surface area contributed by atoms with Crippen LogP contribution in [-0.2, 0) is 0 Å². The van der Waals surface area contributed by atoms with Crippen molar-refractivity contribution in [1.82, 2.24) is 0 Å². The molecule has 0 spiro atoms. The molecule has 0 bridgehead atoms. The quantitative estimate of drug-likeness (QED) is 0.645. The predicted octanol–water partition coefficient (Wildman–Crippen LogP) is 3.10. The highest BCUT2D eigenvalue weighted by molar-refractivity contribution is 5.61. The van der Waals surface area contributed by atoms with Crippen molar-refractivity contribution in [3.05, 3.63) is 42.0 Å². The summed E-state index contributed by atoms with van der Waals surface area (Å²) in [5.41, 5.74) is 3.91. The lowest BCUT2D eigenvalue weighted by atomic mass is 10.0. The second kappa shape index (κ2) is 3.49. The van der Waals surface area contributed by atoms with Crippen molar-refractivity contribution in [3.8, 4) is 0 Å². The van der Waals surface area contributed by atoms with Gasteiger partial charge in [-0.05, 0) is 18.6 Å². The lowest BCUT2D eigenvalue weighted by molar-refractivity contribution is 0.777. The maximum absolute atomic E-state index is 7.57. The summed E-state index contributed by atoms with van der Waals surface area (Å²) in [5.74, 6) is 0.375. The topological polar surface area (TPSA) is 3.24 Å². The minimum absolute atomic E-state index is 0.375. The first kappa shape index (κ1) is 8.10. The molecule has 74 valence electrons. The van der Waals surface area contributed by atoms with Crippen molar-refractivity contribution in [2.24, 2.45) is 0 Å². The number of fused-ring (bicyclic) bond motifs is 1. The van der Waals surface area contributed by atoms with E-state index < -0.39 is 0 Å². The molecule has 1 unspecified atom stereocenters. The Morgan fingerprint density at radius 3 is 3.29 bits per heavy atom. The standard InChI is InChI=1S/C13H17N/c1-4-7-14-9-11(3)12-8-10(2)5-6-13(12)14/h4-6,8,11H,1,7,9H2,2-3H3/i3D. The van der Waals surface area contributed by atoms with Gasteiger partial charge >= 0.3 is 0 Å². The van der Waals surface area contributed by atoms with Crippen LogP contribution in [0.3, 0.4) is 0 Å². The Morgan fingerprint density at radius 1 is 1.71 bits per heavy atom. The van der Waals surface area contributed by atoms with E-state index in [2.05, 4.69) is 36.6 Å². The maximum Gasteiger partial charge on any atom is 0.0405 e. The highest BCUT2D eigenvalue weighted by atomic mass is 15.1. The van der Waals surface area contributed by atoms with Gasteiger partial charge in [0.15, 0.2) is 0 Å².